The van der Waals surface area contributed by atoms with Crippen LogP contribution in [0.1, 0.15) is 90.0 Å². The summed E-state index contributed by atoms with van der Waals surface area (Å²) in [6.07, 6.45) is 10.5. The number of carboxylic acid groups (broad SMARTS) is 1. The maximum absolute atomic E-state index is 11.0. The van der Waals surface area contributed by atoms with Gasteiger partial charge in [0.05, 0.1) is 18.9 Å². The van der Waals surface area contributed by atoms with Crippen molar-refractivity contribution in [1.29, 1.82) is 0 Å². The summed E-state index contributed by atoms with van der Waals surface area (Å²) in [6.45, 7) is 7.24. The van der Waals surface area contributed by atoms with Crippen LogP contribution in [0, 0.1) is 23.2 Å². The molecule has 0 aromatic heterocycles. The lowest BCUT2D eigenvalue weighted by Crippen LogP contribution is -2.29. The molecular formula is C25H36O3. The number of aliphatic carboxylic acids is 1. The molecule has 1 aliphatic carbocycles. The molecule has 3 atom stereocenters. The number of carboxylic acids is 1. The lowest BCUT2D eigenvalue weighted by atomic mass is 9.68. The van der Waals surface area contributed by atoms with Crippen LogP contribution in [0.25, 0.3) is 0 Å². The first-order valence-corrected chi connectivity index (χ1v) is 10.8. The molecule has 0 amide bonds. The molecule has 1 aromatic rings. The van der Waals surface area contributed by atoms with E-state index < -0.39 is 5.97 Å². The van der Waals surface area contributed by atoms with Crippen molar-refractivity contribution < 1.29 is 14.6 Å². The van der Waals surface area contributed by atoms with Crippen molar-refractivity contribution in [1.82, 2.24) is 0 Å². The fourth-order valence-electron chi connectivity index (χ4n) is 4.50. The summed E-state index contributed by atoms with van der Waals surface area (Å²) in [6, 6.07) is 7.79. The molecule has 1 aromatic carbocycles. The Bertz CT molecular complexity index is 667. The first-order chi connectivity index (χ1) is 13.5. The van der Waals surface area contributed by atoms with E-state index in [4.69, 9.17) is 9.84 Å². The molecule has 3 unspecified atom stereocenters. The van der Waals surface area contributed by atoms with E-state index in [2.05, 4.69) is 25.7 Å². The van der Waals surface area contributed by atoms with Crippen molar-refractivity contribution in [2.75, 3.05) is 6.61 Å². The molecule has 1 saturated carbocycles. The van der Waals surface area contributed by atoms with E-state index in [1.165, 1.54) is 51.4 Å². The first-order valence-electron chi connectivity index (χ1n) is 10.8. The van der Waals surface area contributed by atoms with Crippen LogP contribution < -0.4 is 4.74 Å². The van der Waals surface area contributed by atoms with Crippen LogP contribution in [-0.2, 0) is 4.79 Å². The van der Waals surface area contributed by atoms with E-state index in [1.807, 2.05) is 24.3 Å². The first kappa shape index (κ1) is 22.3. The van der Waals surface area contributed by atoms with Gasteiger partial charge in [-0.2, -0.15) is 0 Å². The largest absolute Gasteiger partial charge is 0.493 e. The maximum atomic E-state index is 11.0. The summed E-state index contributed by atoms with van der Waals surface area (Å²) in [4.78, 5) is 11.0. The monoisotopic (exact) mass is 384 g/mol. The van der Waals surface area contributed by atoms with Gasteiger partial charge < -0.3 is 9.84 Å². The minimum absolute atomic E-state index is 0.0275. The molecule has 28 heavy (non-hydrogen) atoms. The summed E-state index contributed by atoms with van der Waals surface area (Å²) in [5, 5.41) is 9.07. The zero-order chi connectivity index (χ0) is 20.4. The van der Waals surface area contributed by atoms with Crippen LogP contribution in [0.15, 0.2) is 24.3 Å². The number of hydrogen-bond donors (Lipinski definition) is 1. The SMILES string of the molecule is CC#CC(CC(=O)O)c1ccc(OCC2CCCC(C)(CCCCC)C2)cc1. The molecule has 1 fully saturated rings. The van der Waals surface area contributed by atoms with Crippen molar-refractivity contribution in [3.8, 4) is 17.6 Å². The number of benzene rings is 1. The molecule has 2 rings (SSSR count). The van der Waals surface area contributed by atoms with Crippen LogP contribution >= 0.6 is 0 Å². The normalized spacial score (nSPS) is 22.8. The molecule has 0 bridgehead atoms. The molecule has 1 N–H and O–H groups in total. The molecule has 0 radical (unpaired) electrons. The Labute approximate surface area is 170 Å². The average Bonchev–Trinajstić information content (AvgIpc) is 2.66. The second kappa shape index (κ2) is 11.1. The van der Waals surface area contributed by atoms with Gasteiger partial charge in [-0.3, -0.25) is 4.79 Å². The Morgan fingerprint density at radius 1 is 1.32 bits per heavy atom. The molecule has 154 valence electrons. The second-order valence-corrected chi connectivity index (χ2v) is 8.65. The molecule has 0 spiro atoms. The van der Waals surface area contributed by atoms with Crippen molar-refractivity contribution in [2.24, 2.45) is 11.3 Å². The molecule has 0 aliphatic heterocycles. The predicted octanol–water partition coefficient (Wildman–Crippen LogP) is 6.42. The Morgan fingerprint density at radius 2 is 2.07 bits per heavy atom. The summed E-state index contributed by atoms with van der Waals surface area (Å²) >= 11 is 0. The van der Waals surface area contributed by atoms with Crippen LogP contribution in [0.4, 0.5) is 0 Å². The molecule has 0 heterocycles. The zero-order valence-electron chi connectivity index (χ0n) is 17.8. The molecule has 0 saturated heterocycles. The van der Waals surface area contributed by atoms with Crippen LogP contribution in [0.2, 0.25) is 0 Å². The van der Waals surface area contributed by atoms with Gasteiger partial charge >= 0.3 is 5.97 Å². The lowest BCUT2D eigenvalue weighted by Gasteiger charge is -2.38. The number of unbranched alkanes of at least 4 members (excludes halogenated alkanes) is 2. The van der Waals surface area contributed by atoms with Crippen molar-refractivity contribution >= 4 is 5.97 Å². The van der Waals surface area contributed by atoms with E-state index >= 15 is 0 Å². The van der Waals surface area contributed by atoms with Crippen molar-refractivity contribution in [2.45, 2.75) is 84.5 Å². The third kappa shape index (κ3) is 7.23. The van der Waals surface area contributed by atoms with Crippen LogP contribution in [0.5, 0.6) is 5.75 Å². The Hall–Kier alpha value is -1.95. The minimum atomic E-state index is -0.827. The average molecular weight is 385 g/mol. The highest BCUT2D eigenvalue weighted by Gasteiger charge is 2.31. The van der Waals surface area contributed by atoms with E-state index in [1.54, 1.807) is 6.92 Å². The fourth-order valence-corrected chi connectivity index (χ4v) is 4.50. The van der Waals surface area contributed by atoms with Gasteiger partial charge in [0.15, 0.2) is 0 Å². The van der Waals surface area contributed by atoms with Gasteiger partial charge in [0.2, 0.25) is 0 Å². The van der Waals surface area contributed by atoms with Gasteiger partial charge in [-0.15, -0.1) is 5.92 Å². The summed E-state index contributed by atoms with van der Waals surface area (Å²) in [5.74, 6) is 6.23. The third-order valence-corrected chi connectivity index (χ3v) is 6.02. The maximum Gasteiger partial charge on any atom is 0.304 e. The molecule has 3 heteroatoms. The van der Waals surface area contributed by atoms with E-state index in [0.717, 1.165) is 17.9 Å². The van der Waals surface area contributed by atoms with Gasteiger partial charge in [0.1, 0.15) is 5.75 Å². The van der Waals surface area contributed by atoms with Crippen LogP contribution in [0.3, 0.4) is 0 Å². The number of hydrogen-bond acceptors (Lipinski definition) is 2. The highest BCUT2D eigenvalue weighted by Crippen LogP contribution is 2.43. The number of carbonyl (C=O) groups is 1. The summed E-state index contributed by atoms with van der Waals surface area (Å²) in [7, 11) is 0. The van der Waals surface area contributed by atoms with Gasteiger partial charge in [-0.05, 0) is 61.6 Å². The highest BCUT2D eigenvalue weighted by atomic mass is 16.5. The standard InChI is InChI=1S/C25H36O3/c1-4-6-7-15-25(3)16-8-10-20(18-25)19-28-23-13-11-21(12-14-23)22(9-5-2)17-24(26)27/h11-14,20,22H,4,6-8,10,15-19H2,1-3H3,(H,26,27). The van der Waals surface area contributed by atoms with E-state index in [-0.39, 0.29) is 12.3 Å². The van der Waals surface area contributed by atoms with E-state index in [9.17, 15) is 4.79 Å². The highest BCUT2D eigenvalue weighted by molar-refractivity contribution is 5.69. The van der Waals surface area contributed by atoms with Crippen molar-refractivity contribution in [3.05, 3.63) is 29.8 Å². The Morgan fingerprint density at radius 3 is 2.71 bits per heavy atom. The Kier molecular flexibility index (Phi) is 8.90. The molecular weight excluding hydrogens is 348 g/mol. The topological polar surface area (TPSA) is 46.5 Å². The molecule has 1 aliphatic rings. The van der Waals surface area contributed by atoms with Crippen LogP contribution in [-0.4, -0.2) is 17.7 Å². The minimum Gasteiger partial charge on any atom is -0.493 e. The summed E-state index contributed by atoms with van der Waals surface area (Å²) in [5.41, 5.74) is 1.42. The van der Waals surface area contributed by atoms with E-state index in [0.29, 0.717) is 11.3 Å². The Balaban J connectivity index is 1.88. The summed E-state index contributed by atoms with van der Waals surface area (Å²) < 4.78 is 6.09. The van der Waals surface area contributed by atoms with Gasteiger partial charge in [-0.1, -0.05) is 57.6 Å². The smallest absolute Gasteiger partial charge is 0.304 e. The molecule has 3 nitrogen and oxygen atoms in total. The van der Waals surface area contributed by atoms with Crippen molar-refractivity contribution in [3.63, 3.8) is 0 Å². The fraction of sp³-hybridized carbons (Fsp3) is 0.640. The van der Waals surface area contributed by atoms with Gasteiger partial charge in [0, 0.05) is 0 Å². The lowest BCUT2D eigenvalue weighted by molar-refractivity contribution is -0.137. The quantitative estimate of drug-likeness (QED) is 0.374. The predicted molar refractivity (Wildman–Crippen MR) is 115 cm³/mol. The zero-order valence-corrected chi connectivity index (χ0v) is 17.8. The number of rotatable bonds is 10. The third-order valence-electron chi connectivity index (χ3n) is 6.02. The second-order valence-electron chi connectivity index (χ2n) is 8.65. The number of ether oxygens (including phenoxy) is 1. The van der Waals surface area contributed by atoms with Gasteiger partial charge in [-0.25, -0.2) is 0 Å². The van der Waals surface area contributed by atoms with Gasteiger partial charge in [0.25, 0.3) is 0 Å².